The van der Waals surface area contributed by atoms with Gasteiger partial charge in [-0.25, -0.2) is 9.78 Å². The summed E-state index contributed by atoms with van der Waals surface area (Å²) in [5.41, 5.74) is 2.28. The number of aromatic nitrogens is 1. The average Bonchev–Trinajstić information content (AvgIpc) is 2.95. The van der Waals surface area contributed by atoms with Crippen molar-refractivity contribution in [3.05, 3.63) is 46.9 Å². The molecule has 0 N–H and O–H groups in total. The van der Waals surface area contributed by atoms with Gasteiger partial charge in [0.2, 0.25) is 0 Å². The van der Waals surface area contributed by atoms with E-state index in [1.807, 2.05) is 57.2 Å². The lowest BCUT2D eigenvalue weighted by atomic mass is 10.2. The number of benzene rings is 2. The van der Waals surface area contributed by atoms with Crippen molar-refractivity contribution < 1.29 is 9.53 Å². The van der Waals surface area contributed by atoms with Gasteiger partial charge in [0.1, 0.15) is 10.6 Å². The van der Waals surface area contributed by atoms with Crippen LogP contribution in [0.15, 0.2) is 46.9 Å². The van der Waals surface area contributed by atoms with Crippen molar-refractivity contribution in [2.24, 2.45) is 0 Å². The first-order chi connectivity index (χ1) is 11.7. The summed E-state index contributed by atoms with van der Waals surface area (Å²) in [6, 6.07) is 13.8. The second-order valence-electron chi connectivity index (χ2n) is 6.72. The molecule has 0 radical (unpaired) electrons. The van der Waals surface area contributed by atoms with Crippen LogP contribution in [0.1, 0.15) is 20.8 Å². The Morgan fingerprint density at radius 2 is 1.84 bits per heavy atom. The number of anilines is 1. The van der Waals surface area contributed by atoms with Gasteiger partial charge in [-0.2, -0.15) is 0 Å². The van der Waals surface area contributed by atoms with Crippen LogP contribution in [0, 0.1) is 0 Å². The lowest BCUT2D eigenvalue weighted by Crippen LogP contribution is -2.34. The number of hydrogen-bond acceptors (Lipinski definition) is 4. The summed E-state index contributed by atoms with van der Waals surface area (Å²) < 4.78 is 7.58. The maximum Gasteiger partial charge on any atom is 0.414 e. The first-order valence-electron chi connectivity index (χ1n) is 7.86. The number of carbonyl (C=O) groups excluding carboxylic acids is 1. The number of amides is 1. The van der Waals surface area contributed by atoms with Gasteiger partial charge in [-0.05, 0) is 63.2 Å². The zero-order chi connectivity index (χ0) is 18.2. The molecule has 6 heteroatoms. The SMILES string of the molecule is CN(C(=O)OC(C)(C)C)c1ccc(-c2nc3ccc(Br)cc3s2)cc1. The van der Waals surface area contributed by atoms with Crippen molar-refractivity contribution in [2.75, 3.05) is 11.9 Å². The fourth-order valence-corrected chi connectivity index (χ4v) is 3.81. The smallest absolute Gasteiger partial charge is 0.414 e. The molecule has 3 aromatic rings. The van der Waals surface area contributed by atoms with E-state index in [2.05, 4.69) is 27.0 Å². The van der Waals surface area contributed by atoms with Crippen molar-refractivity contribution in [3.8, 4) is 10.6 Å². The highest BCUT2D eigenvalue weighted by Gasteiger charge is 2.20. The van der Waals surface area contributed by atoms with E-state index in [9.17, 15) is 4.79 Å². The van der Waals surface area contributed by atoms with Gasteiger partial charge in [-0.1, -0.05) is 15.9 Å². The van der Waals surface area contributed by atoms with Crippen LogP contribution in [0.4, 0.5) is 10.5 Å². The van der Waals surface area contributed by atoms with Crippen LogP contribution < -0.4 is 4.90 Å². The van der Waals surface area contributed by atoms with E-state index in [0.717, 1.165) is 30.9 Å². The molecule has 1 amide bonds. The van der Waals surface area contributed by atoms with Gasteiger partial charge in [-0.3, -0.25) is 4.90 Å². The average molecular weight is 419 g/mol. The van der Waals surface area contributed by atoms with E-state index >= 15 is 0 Å². The number of halogens is 1. The number of thiazole rings is 1. The van der Waals surface area contributed by atoms with E-state index in [4.69, 9.17) is 4.74 Å². The van der Waals surface area contributed by atoms with Crippen molar-refractivity contribution in [1.29, 1.82) is 0 Å². The molecule has 0 unspecified atom stereocenters. The first-order valence-corrected chi connectivity index (χ1v) is 9.47. The van der Waals surface area contributed by atoms with Crippen molar-refractivity contribution in [3.63, 3.8) is 0 Å². The molecule has 1 heterocycles. The molecule has 0 aliphatic rings. The molecule has 0 aliphatic heterocycles. The predicted octanol–water partition coefficient (Wildman–Crippen LogP) is 6.10. The van der Waals surface area contributed by atoms with E-state index in [-0.39, 0.29) is 6.09 Å². The third-order valence-electron chi connectivity index (χ3n) is 3.52. The monoisotopic (exact) mass is 418 g/mol. The molecule has 4 nitrogen and oxygen atoms in total. The number of hydrogen-bond donors (Lipinski definition) is 0. The Kier molecular flexibility index (Phi) is 4.84. The maximum atomic E-state index is 12.2. The number of ether oxygens (including phenoxy) is 1. The zero-order valence-corrected chi connectivity index (χ0v) is 16.9. The van der Waals surface area contributed by atoms with Crippen LogP contribution in [0.2, 0.25) is 0 Å². The number of rotatable bonds is 2. The molecule has 0 saturated heterocycles. The molecular weight excluding hydrogens is 400 g/mol. The summed E-state index contributed by atoms with van der Waals surface area (Å²) in [4.78, 5) is 18.3. The highest BCUT2D eigenvalue weighted by molar-refractivity contribution is 9.10. The van der Waals surface area contributed by atoms with Crippen LogP contribution in [-0.2, 0) is 4.74 Å². The number of fused-ring (bicyclic) bond motifs is 1. The number of carbonyl (C=O) groups is 1. The molecule has 0 aliphatic carbocycles. The summed E-state index contributed by atoms with van der Waals surface area (Å²) in [6.07, 6.45) is -0.370. The molecule has 130 valence electrons. The summed E-state index contributed by atoms with van der Waals surface area (Å²) in [5.74, 6) is 0. The molecule has 0 saturated carbocycles. The molecular formula is C19H19BrN2O2S. The zero-order valence-electron chi connectivity index (χ0n) is 14.5. The molecule has 3 rings (SSSR count). The topological polar surface area (TPSA) is 42.4 Å². The van der Waals surface area contributed by atoms with Gasteiger partial charge >= 0.3 is 6.09 Å². The second kappa shape index (κ2) is 6.77. The quantitative estimate of drug-likeness (QED) is 0.504. The summed E-state index contributed by atoms with van der Waals surface area (Å²) >= 11 is 5.13. The standard InChI is InChI=1S/C19H19BrN2O2S/c1-19(2,3)24-18(23)22(4)14-8-5-12(6-9-14)17-21-15-10-7-13(20)11-16(15)25-17/h5-11H,1-4H3. The Balaban J connectivity index is 1.82. The van der Waals surface area contributed by atoms with E-state index in [0.29, 0.717) is 0 Å². The van der Waals surface area contributed by atoms with Crippen molar-refractivity contribution in [2.45, 2.75) is 26.4 Å². The van der Waals surface area contributed by atoms with Crippen LogP contribution >= 0.6 is 27.3 Å². The van der Waals surface area contributed by atoms with Gasteiger partial charge in [0.05, 0.1) is 10.2 Å². The summed E-state index contributed by atoms with van der Waals surface area (Å²) in [6.45, 7) is 5.56. The normalized spacial score (nSPS) is 11.6. The summed E-state index contributed by atoms with van der Waals surface area (Å²) in [7, 11) is 1.71. The third kappa shape index (κ3) is 4.19. The largest absolute Gasteiger partial charge is 0.443 e. The first kappa shape index (κ1) is 17.9. The Labute approximate surface area is 159 Å². The molecule has 0 bridgehead atoms. The molecule has 25 heavy (non-hydrogen) atoms. The molecule has 0 fully saturated rings. The molecule has 0 atom stereocenters. The minimum Gasteiger partial charge on any atom is -0.443 e. The van der Waals surface area contributed by atoms with Crippen LogP contribution in [0.3, 0.4) is 0 Å². The molecule has 0 spiro atoms. The lowest BCUT2D eigenvalue weighted by molar-refractivity contribution is 0.0589. The fourth-order valence-electron chi connectivity index (χ4n) is 2.29. The van der Waals surface area contributed by atoms with E-state index < -0.39 is 5.60 Å². The minimum atomic E-state index is -0.513. The Morgan fingerprint density at radius 1 is 1.16 bits per heavy atom. The lowest BCUT2D eigenvalue weighted by Gasteiger charge is -2.24. The maximum absolute atomic E-state index is 12.2. The highest BCUT2D eigenvalue weighted by Crippen LogP contribution is 2.32. The van der Waals surface area contributed by atoms with E-state index in [1.165, 1.54) is 4.90 Å². The van der Waals surface area contributed by atoms with Crippen LogP contribution in [0.5, 0.6) is 0 Å². The van der Waals surface area contributed by atoms with Gasteiger partial charge in [0.15, 0.2) is 0 Å². The van der Waals surface area contributed by atoms with Crippen LogP contribution in [0.25, 0.3) is 20.8 Å². The summed E-state index contributed by atoms with van der Waals surface area (Å²) in [5, 5.41) is 0.958. The highest BCUT2D eigenvalue weighted by atomic mass is 79.9. The number of nitrogens with zero attached hydrogens (tertiary/aromatic N) is 2. The van der Waals surface area contributed by atoms with Gasteiger partial charge in [-0.15, -0.1) is 11.3 Å². The molecule has 1 aromatic heterocycles. The van der Waals surface area contributed by atoms with Crippen molar-refractivity contribution in [1.82, 2.24) is 4.98 Å². The Morgan fingerprint density at radius 3 is 2.48 bits per heavy atom. The second-order valence-corrected chi connectivity index (χ2v) is 8.66. The van der Waals surface area contributed by atoms with Gasteiger partial charge < -0.3 is 4.74 Å². The Hall–Kier alpha value is -1.92. The minimum absolute atomic E-state index is 0.370. The van der Waals surface area contributed by atoms with Gasteiger partial charge in [0, 0.05) is 22.8 Å². The van der Waals surface area contributed by atoms with Gasteiger partial charge in [0.25, 0.3) is 0 Å². The van der Waals surface area contributed by atoms with Crippen molar-refractivity contribution >= 4 is 49.3 Å². The van der Waals surface area contributed by atoms with E-state index in [1.54, 1.807) is 18.4 Å². The predicted molar refractivity (Wildman–Crippen MR) is 107 cm³/mol. The fraction of sp³-hybridized carbons (Fsp3) is 0.263. The van der Waals surface area contributed by atoms with Crippen LogP contribution in [-0.4, -0.2) is 23.7 Å². The molecule has 2 aromatic carbocycles. The third-order valence-corrected chi connectivity index (χ3v) is 5.08. The Bertz CT molecular complexity index is 913.